The van der Waals surface area contributed by atoms with Gasteiger partial charge in [-0.1, -0.05) is 12.1 Å². The number of benzene rings is 2. The number of piperidine rings is 2. The molecule has 2 aromatic carbocycles. The number of rotatable bonds is 6. The van der Waals surface area contributed by atoms with E-state index in [9.17, 15) is 18.8 Å². The van der Waals surface area contributed by atoms with E-state index in [2.05, 4.69) is 21.4 Å². The van der Waals surface area contributed by atoms with Crippen molar-refractivity contribution in [1.29, 1.82) is 5.26 Å². The number of amides is 1. The van der Waals surface area contributed by atoms with Gasteiger partial charge in [-0.25, -0.2) is 23.4 Å². The lowest BCUT2D eigenvalue weighted by molar-refractivity contribution is -0.128. The number of likely N-dealkylation sites (tertiary alicyclic amines) is 1. The van der Waals surface area contributed by atoms with E-state index in [0.29, 0.717) is 30.4 Å². The Hall–Kier alpha value is -4.96. The van der Waals surface area contributed by atoms with E-state index in [1.165, 1.54) is 30.6 Å². The molecule has 226 valence electrons. The molecule has 2 fully saturated rings. The number of nitrogens with one attached hydrogen (secondary N) is 1. The standard InChI is InChI=1S/C31H29F3N8O2/c32-23-4-1-5-25(27(23)34)44-21-6-7-22(24(33)14-21)28-26-29(36)38-17-39-30(26)42(40-28)20-3-2-12-41(16-20)31(43)19(15-35)13-18-8-10-37-11-9-18/h1,4-7,13-14,17-18,20,37H,2-3,8-12,16H2,(H2,36,38,39)/b19-13-/t20-/m1/s1. The lowest BCUT2D eigenvalue weighted by Crippen LogP contribution is -2.41. The van der Waals surface area contributed by atoms with Gasteiger partial charge in [-0.2, -0.15) is 14.8 Å². The maximum atomic E-state index is 15.5. The maximum Gasteiger partial charge on any atom is 0.264 e. The number of hydrogen-bond acceptors (Lipinski definition) is 8. The quantitative estimate of drug-likeness (QED) is 0.235. The molecule has 0 saturated carbocycles. The molecule has 0 bridgehead atoms. The van der Waals surface area contributed by atoms with Crippen LogP contribution in [0.15, 0.2) is 54.4 Å². The van der Waals surface area contributed by atoms with Crippen molar-refractivity contribution in [2.24, 2.45) is 5.92 Å². The monoisotopic (exact) mass is 602 g/mol. The van der Waals surface area contributed by atoms with Gasteiger partial charge in [0, 0.05) is 24.7 Å². The van der Waals surface area contributed by atoms with Crippen LogP contribution in [-0.4, -0.2) is 56.7 Å². The number of halogens is 3. The zero-order valence-corrected chi connectivity index (χ0v) is 23.6. The van der Waals surface area contributed by atoms with Crippen molar-refractivity contribution >= 4 is 22.8 Å². The molecule has 4 aromatic rings. The number of hydrogen-bond donors (Lipinski definition) is 2. The van der Waals surface area contributed by atoms with E-state index < -0.39 is 17.5 Å². The third-order valence-corrected chi connectivity index (χ3v) is 8.02. The zero-order chi connectivity index (χ0) is 30.8. The highest BCUT2D eigenvalue weighted by molar-refractivity contribution is 5.99. The van der Waals surface area contributed by atoms with E-state index in [-0.39, 0.29) is 58.6 Å². The van der Waals surface area contributed by atoms with Gasteiger partial charge in [0.25, 0.3) is 5.91 Å². The molecule has 10 nitrogen and oxygen atoms in total. The zero-order valence-electron chi connectivity index (χ0n) is 23.6. The summed E-state index contributed by atoms with van der Waals surface area (Å²) in [7, 11) is 0. The van der Waals surface area contributed by atoms with Gasteiger partial charge >= 0.3 is 0 Å². The normalized spacial score (nSPS) is 17.9. The van der Waals surface area contributed by atoms with Crippen LogP contribution in [0.1, 0.15) is 31.7 Å². The van der Waals surface area contributed by atoms with Gasteiger partial charge in [0.15, 0.2) is 17.2 Å². The first kappa shape index (κ1) is 29.1. The number of ether oxygens (including phenoxy) is 1. The fourth-order valence-corrected chi connectivity index (χ4v) is 5.79. The Morgan fingerprint density at radius 3 is 2.70 bits per heavy atom. The highest BCUT2D eigenvalue weighted by Gasteiger charge is 2.31. The number of fused-ring (bicyclic) bond motifs is 1. The van der Waals surface area contributed by atoms with Crippen LogP contribution in [0.25, 0.3) is 22.3 Å². The molecule has 6 rings (SSSR count). The Balaban J connectivity index is 1.30. The number of anilines is 1. The number of nitrogens with zero attached hydrogens (tertiary/aromatic N) is 6. The minimum Gasteiger partial charge on any atom is -0.454 e. The van der Waals surface area contributed by atoms with Crippen molar-refractivity contribution in [1.82, 2.24) is 30.0 Å². The molecule has 13 heteroatoms. The van der Waals surface area contributed by atoms with Crippen molar-refractivity contribution in [2.75, 3.05) is 31.9 Å². The third kappa shape index (κ3) is 5.68. The van der Waals surface area contributed by atoms with Crippen molar-refractivity contribution in [3.63, 3.8) is 0 Å². The van der Waals surface area contributed by atoms with Gasteiger partial charge in [0.05, 0.1) is 11.4 Å². The molecular formula is C31H29F3N8O2. The smallest absolute Gasteiger partial charge is 0.264 e. The molecule has 0 aliphatic carbocycles. The predicted molar refractivity (Wildman–Crippen MR) is 156 cm³/mol. The number of nitriles is 1. The van der Waals surface area contributed by atoms with Gasteiger partial charge in [0.1, 0.15) is 41.0 Å². The molecule has 0 radical (unpaired) electrons. The number of allylic oxidation sites excluding steroid dienone is 1. The maximum absolute atomic E-state index is 15.5. The van der Waals surface area contributed by atoms with Crippen LogP contribution in [0.5, 0.6) is 11.5 Å². The molecule has 0 spiro atoms. The number of nitrogens with two attached hydrogens (primary N) is 1. The molecule has 1 amide bonds. The minimum absolute atomic E-state index is 0.0454. The third-order valence-electron chi connectivity index (χ3n) is 8.02. The summed E-state index contributed by atoms with van der Waals surface area (Å²) < 4.78 is 50.3. The number of nitrogen functional groups attached to an aromatic ring is 1. The number of carbonyl (C=O) groups excluding carboxylic acids is 1. The van der Waals surface area contributed by atoms with Gasteiger partial charge in [0.2, 0.25) is 5.82 Å². The highest BCUT2D eigenvalue weighted by atomic mass is 19.2. The summed E-state index contributed by atoms with van der Waals surface area (Å²) in [5.41, 5.74) is 7.00. The van der Waals surface area contributed by atoms with E-state index in [1.54, 1.807) is 15.7 Å². The van der Waals surface area contributed by atoms with Gasteiger partial charge in [-0.15, -0.1) is 0 Å². The minimum atomic E-state index is -1.18. The summed E-state index contributed by atoms with van der Waals surface area (Å²) in [6.07, 6.45) is 6.16. The summed E-state index contributed by atoms with van der Waals surface area (Å²) in [4.78, 5) is 23.5. The second-order valence-electron chi connectivity index (χ2n) is 10.9. The second kappa shape index (κ2) is 12.3. The molecule has 0 unspecified atom stereocenters. The first-order valence-corrected chi connectivity index (χ1v) is 14.4. The van der Waals surface area contributed by atoms with E-state index in [0.717, 1.165) is 38.1 Å². The molecule has 3 N–H and O–H groups in total. The topological polar surface area (TPSA) is 135 Å². The van der Waals surface area contributed by atoms with Gasteiger partial charge < -0.3 is 20.7 Å². The second-order valence-corrected chi connectivity index (χ2v) is 10.9. The highest BCUT2D eigenvalue weighted by Crippen LogP contribution is 2.37. The average Bonchev–Trinajstić information content (AvgIpc) is 3.43. The van der Waals surface area contributed by atoms with E-state index >= 15 is 4.39 Å². The Labute approximate surface area is 250 Å². The molecule has 2 aromatic heterocycles. The largest absolute Gasteiger partial charge is 0.454 e. The SMILES string of the molecule is N#C/C(=C/C1CCNCC1)C(=O)N1CCC[C@@H](n2nc(-c3ccc(Oc4cccc(F)c4F)cc3F)c3c(N)ncnc32)C1. The Kier molecular flexibility index (Phi) is 8.17. The lowest BCUT2D eigenvalue weighted by Gasteiger charge is -2.33. The van der Waals surface area contributed by atoms with Crippen LogP contribution in [0.3, 0.4) is 0 Å². The van der Waals surface area contributed by atoms with Crippen molar-refractivity contribution < 1.29 is 22.7 Å². The van der Waals surface area contributed by atoms with Gasteiger partial charge in [-0.3, -0.25) is 4.79 Å². The molecule has 4 heterocycles. The van der Waals surface area contributed by atoms with Crippen LogP contribution in [0.2, 0.25) is 0 Å². The summed E-state index contributed by atoms with van der Waals surface area (Å²) in [6.45, 7) is 2.47. The van der Waals surface area contributed by atoms with Crippen molar-refractivity contribution in [3.8, 4) is 28.8 Å². The summed E-state index contributed by atoms with van der Waals surface area (Å²) in [5.74, 6) is -3.49. The van der Waals surface area contributed by atoms with Crippen LogP contribution in [-0.2, 0) is 4.79 Å². The van der Waals surface area contributed by atoms with Crippen LogP contribution in [0.4, 0.5) is 19.0 Å². The van der Waals surface area contributed by atoms with Crippen molar-refractivity contribution in [3.05, 3.63) is 71.8 Å². The summed E-state index contributed by atoms with van der Waals surface area (Å²) in [6, 6.07) is 9.11. The summed E-state index contributed by atoms with van der Waals surface area (Å²) >= 11 is 0. The fraction of sp³-hybridized carbons (Fsp3) is 0.323. The summed E-state index contributed by atoms with van der Waals surface area (Å²) in [5, 5.41) is 18.1. The first-order valence-electron chi connectivity index (χ1n) is 14.4. The fourth-order valence-electron chi connectivity index (χ4n) is 5.79. The number of aromatic nitrogens is 4. The van der Waals surface area contributed by atoms with E-state index in [1.807, 2.05) is 0 Å². The first-order chi connectivity index (χ1) is 21.3. The Morgan fingerprint density at radius 1 is 1.11 bits per heavy atom. The van der Waals surface area contributed by atoms with E-state index in [4.69, 9.17) is 15.6 Å². The number of carbonyl (C=O) groups is 1. The predicted octanol–water partition coefficient (Wildman–Crippen LogP) is 4.90. The lowest BCUT2D eigenvalue weighted by atomic mass is 9.95. The molecule has 2 saturated heterocycles. The van der Waals surface area contributed by atoms with Crippen LogP contribution < -0.4 is 15.8 Å². The van der Waals surface area contributed by atoms with Crippen molar-refractivity contribution in [2.45, 2.75) is 31.7 Å². The molecule has 1 atom stereocenters. The van der Waals surface area contributed by atoms with Gasteiger partial charge in [-0.05, 0) is 69.0 Å². The molecular weight excluding hydrogens is 573 g/mol. The Morgan fingerprint density at radius 2 is 1.93 bits per heavy atom. The van der Waals surface area contributed by atoms with Crippen LogP contribution in [0, 0.1) is 34.7 Å². The van der Waals surface area contributed by atoms with Crippen LogP contribution >= 0.6 is 0 Å². The molecule has 44 heavy (non-hydrogen) atoms. The average molecular weight is 603 g/mol. The molecule has 2 aliphatic rings. The Bertz CT molecular complexity index is 1790. The molecule has 2 aliphatic heterocycles.